The molecule has 1 aliphatic rings. The summed E-state index contributed by atoms with van der Waals surface area (Å²) in [7, 11) is -1.43. The van der Waals surface area contributed by atoms with Gasteiger partial charge in [-0.3, -0.25) is 0 Å². The summed E-state index contributed by atoms with van der Waals surface area (Å²) in [6.45, 7) is 6.81. The Morgan fingerprint density at radius 2 is 2.29 bits per heavy atom. The van der Waals surface area contributed by atoms with Gasteiger partial charge in [-0.25, -0.2) is 0 Å². The number of hydrogen-bond acceptors (Lipinski definition) is 1. The van der Waals surface area contributed by atoms with E-state index in [4.69, 9.17) is 4.43 Å². The second-order valence-electron chi connectivity index (χ2n) is 4.68. The van der Waals surface area contributed by atoms with Crippen LogP contribution in [0.4, 0.5) is 0 Å². The summed E-state index contributed by atoms with van der Waals surface area (Å²) < 4.78 is 6.11. The van der Waals surface area contributed by atoms with Gasteiger partial charge in [-0.05, 0) is 32.4 Å². The number of unbranched alkanes of at least 4 members (excludes halogenated alkanes) is 2. The van der Waals surface area contributed by atoms with Gasteiger partial charge in [-0.1, -0.05) is 38.0 Å². The molecular formula is C12H24OSi. The molecule has 0 N–H and O–H groups in total. The summed E-state index contributed by atoms with van der Waals surface area (Å²) in [5.74, 6) is 0. The summed E-state index contributed by atoms with van der Waals surface area (Å²) >= 11 is 0. The van der Waals surface area contributed by atoms with Crippen LogP contribution in [0.5, 0.6) is 0 Å². The van der Waals surface area contributed by atoms with E-state index in [1.54, 1.807) is 0 Å². The molecule has 14 heavy (non-hydrogen) atoms. The molecule has 0 saturated carbocycles. The molecule has 1 saturated heterocycles. The summed E-state index contributed by atoms with van der Waals surface area (Å²) in [5.41, 5.74) is 2.42. The molecule has 0 aromatic carbocycles. The second-order valence-corrected chi connectivity index (χ2v) is 8.37. The van der Waals surface area contributed by atoms with Gasteiger partial charge in [0.1, 0.15) is 0 Å². The van der Waals surface area contributed by atoms with E-state index < -0.39 is 8.32 Å². The fraction of sp³-hybridized carbons (Fsp3) is 0.833. The van der Waals surface area contributed by atoms with Gasteiger partial charge in [0.25, 0.3) is 0 Å². The minimum atomic E-state index is -1.43. The molecule has 0 bridgehead atoms. The lowest BCUT2D eigenvalue weighted by Crippen LogP contribution is -2.39. The number of allylic oxidation sites excluding steroid dienone is 1. The maximum atomic E-state index is 6.11. The van der Waals surface area contributed by atoms with Crippen molar-refractivity contribution in [2.45, 2.75) is 64.6 Å². The Labute approximate surface area is 89.7 Å². The van der Waals surface area contributed by atoms with Gasteiger partial charge in [-0.15, -0.1) is 0 Å². The highest BCUT2D eigenvalue weighted by Gasteiger charge is 2.31. The van der Waals surface area contributed by atoms with Crippen LogP contribution >= 0.6 is 0 Å². The van der Waals surface area contributed by atoms with E-state index in [9.17, 15) is 0 Å². The van der Waals surface area contributed by atoms with E-state index in [2.05, 4.69) is 32.2 Å². The molecule has 2 heteroatoms. The molecule has 2 unspecified atom stereocenters. The van der Waals surface area contributed by atoms with Crippen LogP contribution in [0, 0.1) is 0 Å². The van der Waals surface area contributed by atoms with Crippen LogP contribution in [0.3, 0.4) is 0 Å². The molecule has 0 aromatic rings. The van der Waals surface area contributed by atoms with Crippen molar-refractivity contribution in [3.8, 4) is 0 Å². The van der Waals surface area contributed by atoms with Gasteiger partial charge in [0, 0.05) is 6.10 Å². The van der Waals surface area contributed by atoms with Gasteiger partial charge >= 0.3 is 0 Å². The molecule has 0 spiro atoms. The Morgan fingerprint density at radius 3 is 2.93 bits per heavy atom. The van der Waals surface area contributed by atoms with Crippen molar-refractivity contribution in [1.82, 2.24) is 0 Å². The molecule has 1 aliphatic heterocycles. The van der Waals surface area contributed by atoms with Crippen molar-refractivity contribution in [1.29, 1.82) is 0 Å². The van der Waals surface area contributed by atoms with Crippen molar-refractivity contribution in [3.05, 3.63) is 11.8 Å². The first-order valence-electron chi connectivity index (χ1n) is 6.02. The fourth-order valence-corrected chi connectivity index (χ4v) is 5.07. The smallest absolute Gasteiger partial charge is 0.214 e. The average molecular weight is 212 g/mol. The Kier molecular flexibility index (Phi) is 4.89. The highest BCUT2D eigenvalue weighted by Crippen LogP contribution is 2.26. The topological polar surface area (TPSA) is 9.23 Å². The number of hydrogen-bond donors (Lipinski definition) is 0. The lowest BCUT2D eigenvalue weighted by atomic mass is 10.2. The van der Waals surface area contributed by atoms with Crippen molar-refractivity contribution in [3.63, 3.8) is 0 Å². The third-order valence-electron chi connectivity index (χ3n) is 2.95. The predicted molar refractivity (Wildman–Crippen MR) is 64.9 cm³/mol. The maximum Gasteiger partial charge on any atom is 0.214 e. The average Bonchev–Trinajstić information content (AvgIpc) is 2.12. The van der Waals surface area contributed by atoms with Crippen LogP contribution < -0.4 is 0 Å². The summed E-state index contributed by atoms with van der Waals surface area (Å²) in [6, 6.07) is 1.32. The molecule has 0 aliphatic carbocycles. The first-order valence-corrected chi connectivity index (χ1v) is 8.71. The minimum Gasteiger partial charge on any atom is -0.411 e. The first kappa shape index (κ1) is 12.0. The van der Waals surface area contributed by atoms with E-state index >= 15 is 0 Å². The van der Waals surface area contributed by atoms with Crippen LogP contribution in [0.2, 0.25) is 12.6 Å². The quantitative estimate of drug-likeness (QED) is 0.505. The van der Waals surface area contributed by atoms with Crippen LogP contribution in [-0.4, -0.2) is 14.4 Å². The normalized spacial score (nSPS) is 33.8. The van der Waals surface area contributed by atoms with Crippen molar-refractivity contribution < 1.29 is 4.43 Å². The van der Waals surface area contributed by atoms with Crippen LogP contribution in [0.1, 0.15) is 46.0 Å². The van der Waals surface area contributed by atoms with Gasteiger partial charge in [-0.2, -0.15) is 0 Å². The largest absolute Gasteiger partial charge is 0.411 e. The molecule has 2 atom stereocenters. The monoisotopic (exact) mass is 212 g/mol. The Balaban J connectivity index is 2.36. The molecular weight excluding hydrogens is 188 g/mol. The molecule has 1 heterocycles. The molecule has 1 rings (SSSR count). The van der Waals surface area contributed by atoms with Crippen molar-refractivity contribution in [2.75, 3.05) is 0 Å². The Bertz CT molecular complexity index is 191. The van der Waals surface area contributed by atoms with E-state index in [-0.39, 0.29) is 0 Å². The SMILES string of the molecule is CCCC/C=C/[Si]1(C)CCCC(C)O1. The summed E-state index contributed by atoms with van der Waals surface area (Å²) in [4.78, 5) is 0. The lowest BCUT2D eigenvalue weighted by Gasteiger charge is -2.33. The van der Waals surface area contributed by atoms with Gasteiger partial charge in [0.05, 0.1) is 0 Å². The zero-order chi connectivity index (χ0) is 10.4. The third kappa shape index (κ3) is 3.97. The minimum absolute atomic E-state index is 0.497. The van der Waals surface area contributed by atoms with E-state index in [1.165, 1.54) is 38.1 Å². The molecule has 0 aromatic heterocycles. The number of rotatable bonds is 4. The third-order valence-corrected chi connectivity index (χ3v) is 6.18. The highest BCUT2D eigenvalue weighted by molar-refractivity contribution is 6.77. The highest BCUT2D eigenvalue weighted by atomic mass is 28.4. The molecule has 0 amide bonds. The van der Waals surface area contributed by atoms with Gasteiger partial charge in [0.2, 0.25) is 8.32 Å². The van der Waals surface area contributed by atoms with E-state index in [1.807, 2.05) is 0 Å². The Morgan fingerprint density at radius 1 is 1.50 bits per heavy atom. The zero-order valence-electron chi connectivity index (χ0n) is 9.88. The Hall–Kier alpha value is -0.0831. The van der Waals surface area contributed by atoms with Crippen LogP contribution in [0.25, 0.3) is 0 Å². The first-order chi connectivity index (χ1) is 6.66. The van der Waals surface area contributed by atoms with Crippen LogP contribution in [0.15, 0.2) is 11.8 Å². The van der Waals surface area contributed by atoms with E-state index in [0.717, 1.165) is 0 Å². The lowest BCUT2D eigenvalue weighted by molar-refractivity contribution is 0.182. The summed E-state index contributed by atoms with van der Waals surface area (Å²) in [6.07, 6.45) is 9.31. The van der Waals surface area contributed by atoms with Gasteiger partial charge < -0.3 is 4.43 Å². The standard InChI is InChI=1S/C12H24OSi/c1-4-5-6-7-10-14(3)11-8-9-12(2)13-14/h7,10,12H,4-6,8-9,11H2,1-3H3/b10-7+. The zero-order valence-corrected chi connectivity index (χ0v) is 10.9. The van der Waals surface area contributed by atoms with Crippen LogP contribution in [-0.2, 0) is 4.43 Å². The molecule has 1 fully saturated rings. The van der Waals surface area contributed by atoms with Gasteiger partial charge in [0.15, 0.2) is 0 Å². The predicted octanol–water partition coefficient (Wildman–Crippen LogP) is 4.05. The van der Waals surface area contributed by atoms with Crippen molar-refractivity contribution >= 4 is 8.32 Å². The molecule has 82 valence electrons. The van der Waals surface area contributed by atoms with E-state index in [0.29, 0.717) is 6.10 Å². The summed E-state index contributed by atoms with van der Waals surface area (Å²) in [5, 5.41) is 0. The molecule has 1 nitrogen and oxygen atoms in total. The molecule has 0 radical (unpaired) electrons. The fourth-order valence-electron chi connectivity index (χ4n) is 2.10. The second kappa shape index (κ2) is 5.71. The maximum absolute atomic E-state index is 6.11. The van der Waals surface area contributed by atoms with Crippen molar-refractivity contribution in [2.24, 2.45) is 0 Å².